The molecular weight excluding hydrogens is 436 g/mol. The number of hydrogen-bond donors (Lipinski definition) is 1. The van der Waals surface area contributed by atoms with Crippen molar-refractivity contribution in [2.45, 2.75) is 50.7 Å². The van der Waals surface area contributed by atoms with Crippen molar-refractivity contribution in [3.05, 3.63) is 64.6 Å². The number of benzene rings is 2. The van der Waals surface area contributed by atoms with E-state index in [4.69, 9.17) is 0 Å². The van der Waals surface area contributed by atoms with Crippen molar-refractivity contribution >= 4 is 39.5 Å². The number of hydrogen-bond acceptors (Lipinski definition) is 3. The van der Waals surface area contributed by atoms with E-state index in [0.717, 1.165) is 21.4 Å². The molecule has 2 aromatic carbocycles. The summed E-state index contributed by atoms with van der Waals surface area (Å²) >= 11 is 4.92. The van der Waals surface area contributed by atoms with E-state index in [-0.39, 0.29) is 17.9 Å². The molecule has 0 unspecified atom stereocenters. The topological polar surface area (TPSA) is 49.4 Å². The molecule has 4 nitrogen and oxygen atoms in total. The number of carbonyl (C=O) groups excluding carboxylic acids is 2. The van der Waals surface area contributed by atoms with Crippen molar-refractivity contribution in [2.24, 2.45) is 0 Å². The first-order valence-corrected chi connectivity index (χ1v) is 11.2. The summed E-state index contributed by atoms with van der Waals surface area (Å²) in [7, 11) is 0. The highest BCUT2D eigenvalue weighted by molar-refractivity contribution is 9.10. The molecule has 28 heavy (non-hydrogen) atoms. The molecule has 0 spiro atoms. The van der Waals surface area contributed by atoms with Crippen molar-refractivity contribution in [1.29, 1.82) is 0 Å². The zero-order valence-electron chi connectivity index (χ0n) is 16.5. The van der Waals surface area contributed by atoms with Crippen LogP contribution in [0.25, 0.3) is 0 Å². The third-order valence-electron chi connectivity index (χ3n) is 4.54. The molecule has 0 aliphatic carbocycles. The molecule has 0 aromatic heterocycles. The molecular formula is C22H27BrN2O2S. The number of carbonyl (C=O) groups is 2. The number of rotatable bonds is 9. The van der Waals surface area contributed by atoms with Crippen LogP contribution in [0, 0.1) is 0 Å². The summed E-state index contributed by atoms with van der Waals surface area (Å²) in [5, 5.41) is 2.99. The minimum atomic E-state index is -0.540. The van der Waals surface area contributed by atoms with Crippen molar-refractivity contribution < 1.29 is 9.59 Å². The molecule has 0 saturated heterocycles. The van der Waals surface area contributed by atoms with Crippen molar-refractivity contribution in [2.75, 3.05) is 5.75 Å². The highest BCUT2D eigenvalue weighted by Crippen LogP contribution is 2.20. The summed E-state index contributed by atoms with van der Waals surface area (Å²) in [6, 6.07) is 17.2. The van der Waals surface area contributed by atoms with E-state index in [1.807, 2.05) is 68.4 Å². The lowest BCUT2D eigenvalue weighted by molar-refractivity contribution is -0.138. The van der Waals surface area contributed by atoms with Gasteiger partial charge < -0.3 is 10.2 Å². The minimum absolute atomic E-state index is 0.0522. The van der Waals surface area contributed by atoms with E-state index >= 15 is 0 Å². The summed E-state index contributed by atoms with van der Waals surface area (Å²) < 4.78 is 0.983. The van der Waals surface area contributed by atoms with Crippen LogP contribution in [0.2, 0.25) is 0 Å². The van der Waals surface area contributed by atoms with Gasteiger partial charge >= 0.3 is 0 Å². The van der Waals surface area contributed by atoms with Gasteiger partial charge in [-0.1, -0.05) is 53.2 Å². The van der Waals surface area contributed by atoms with Crippen molar-refractivity contribution in [1.82, 2.24) is 10.2 Å². The number of nitrogens with zero attached hydrogens (tertiary/aromatic N) is 1. The molecule has 0 aliphatic heterocycles. The van der Waals surface area contributed by atoms with Gasteiger partial charge in [-0.2, -0.15) is 0 Å². The van der Waals surface area contributed by atoms with Crippen LogP contribution >= 0.6 is 27.7 Å². The van der Waals surface area contributed by atoms with E-state index < -0.39 is 6.04 Å². The fraction of sp³-hybridized carbons (Fsp3) is 0.364. The fourth-order valence-electron chi connectivity index (χ4n) is 2.58. The lowest BCUT2D eigenvalue weighted by Gasteiger charge is -2.29. The molecule has 150 valence electrons. The van der Waals surface area contributed by atoms with E-state index in [1.165, 1.54) is 11.8 Å². The first kappa shape index (κ1) is 22.5. The Kier molecular flexibility index (Phi) is 9.06. The molecule has 0 fully saturated rings. The summed E-state index contributed by atoms with van der Waals surface area (Å²) in [6.45, 7) is 6.19. The Balaban J connectivity index is 2.12. The monoisotopic (exact) mass is 462 g/mol. The SMILES string of the molecule is CC[C@@H](C)NC(=O)[C@H](C)N(Cc1ccc(Br)cc1)C(=O)CSc1ccccc1. The van der Waals surface area contributed by atoms with Gasteiger partial charge in [0.1, 0.15) is 6.04 Å². The molecule has 2 amide bonds. The molecule has 1 N–H and O–H groups in total. The summed E-state index contributed by atoms with van der Waals surface area (Å²) in [5.74, 6) is 0.120. The van der Waals surface area contributed by atoms with Gasteiger partial charge in [0.25, 0.3) is 0 Å². The van der Waals surface area contributed by atoms with Gasteiger partial charge in [-0.25, -0.2) is 0 Å². The normalized spacial score (nSPS) is 12.9. The summed E-state index contributed by atoms with van der Waals surface area (Å²) in [4.78, 5) is 28.4. The van der Waals surface area contributed by atoms with Gasteiger partial charge in [0.15, 0.2) is 0 Å². The molecule has 0 radical (unpaired) electrons. The average molecular weight is 463 g/mol. The number of halogens is 1. The van der Waals surface area contributed by atoms with Gasteiger partial charge in [0, 0.05) is 22.0 Å². The molecule has 0 heterocycles. The second-order valence-electron chi connectivity index (χ2n) is 6.74. The van der Waals surface area contributed by atoms with Crippen LogP contribution in [0.4, 0.5) is 0 Å². The maximum absolute atomic E-state index is 13.0. The van der Waals surface area contributed by atoms with Gasteiger partial charge in [-0.15, -0.1) is 11.8 Å². The number of thioether (sulfide) groups is 1. The van der Waals surface area contributed by atoms with Crippen LogP contribution in [-0.4, -0.2) is 34.6 Å². The Morgan fingerprint density at radius 3 is 2.32 bits per heavy atom. The Labute approximate surface area is 180 Å². The summed E-state index contributed by atoms with van der Waals surface area (Å²) in [5.41, 5.74) is 0.990. The zero-order chi connectivity index (χ0) is 20.5. The number of nitrogens with one attached hydrogen (secondary N) is 1. The molecule has 2 aromatic rings. The van der Waals surface area contributed by atoms with Crippen LogP contribution in [0.1, 0.15) is 32.8 Å². The Hall–Kier alpha value is -1.79. The van der Waals surface area contributed by atoms with Crippen molar-refractivity contribution in [3.63, 3.8) is 0 Å². The zero-order valence-corrected chi connectivity index (χ0v) is 18.9. The van der Waals surface area contributed by atoms with Crippen LogP contribution in [0.15, 0.2) is 64.0 Å². The minimum Gasteiger partial charge on any atom is -0.352 e. The molecule has 6 heteroatoms. The smallest absolute Gasteiger partial charge is 0.242 e. The van der Waals surface area contributed by atoms with Gasteiger partial charge in [-0.3, -0.25) is 9.59 Å². The molecule has 2 rings (SSSR count). The molecule has 0 aliphatic rings. The van der Waals surface area contributed by atoms with Crippen LogP contribution < -0.4 is 5.32 Å². The van der Waals surface area contributed by atoms with Crippen molar-refractivity contribution in [3.8, 4) is 0 Å². The Morgan fingerprint density at radius 1 is 1.07 bits per heavy atom. The highest BCUT2D eigenvalue weighted by atomic mass is 79.9. The van der Waals surface area contributed by atoms with Crippen LogP contribution in [0.5, 0.6) is 0 Å². The predicted molar refractivity (Wildman–Crippen MR) is 119 cm³/mol. The van der Waals surface area contributed by atoms with E-state index in [0.29, 0.717) is 12.3 Å². The van der Waals surface area contributed by atoms with Gasteiger partial charge in [0.05, 0.1) is 5.75 Å². The maximum Gasteiger partial charge on any atom is 0.242 e. The maximum atomic E-state index is 13.0. The number of amides is 2. The quantitative estimate of drug-likeness (QED) is 0.540. The van der Waals surface area contributed by atoms with Gasteiger partial charge in [0.2, 0.25) is 11.8 Å². The van der Waals surface area contributed by atoms with Crippen LogP contribution in [0.3, 0.4) is 0 Å². The largest absolute Gasteiger partial charge is 0.352 e. The second kappa shape index (κ2) is 11.3. The Morgan fingerprint density at radius 2 is 1.71 bits per heavy atom. The third kappa shape index (κ3) is 6.99. The molecule has 2 atom stereocenters. The van der Waals surface area contributed by atoms with Crippen LogP contribution in [-0.2, 0) is 16.1 Å². The first-order valence-electron chi connectivity index (χ1n) is 9.42. The Bertz CT molecular complexity index is 768. The standard InChI is InChI=1S/C22H27BrN2O2S/c1-4-16(2)24-22(27)17(3)25(14-18-10-12-19(23)13-11-18)21(26)15-28-20-8-6-5-7-9-20/h5-13,16-17H,4,14-15H2,1-3H3,(H,24,27)/t16-,17+/m1/s1. The van der Waals surface area contributed by atoms with E-state index in [9.17, 15) is 9.59 Å². The van der Waals surface area contributed by atoms with E-state index in [1.54, 1.807) is 11.8 Å². The lowest BCUT2D eigenvalue weighted by Crippen LogP contribution is -2.50. The second-order valence-corrected chi connectivity index (χ2v) is 8.71. The summed E-state index contributed by atoms with van der Waals surface area (Å²) in [6.07, 6.45) is 0.850. The molecule has 0 bridgehead atoms. The molecule has 0 saturated carbocycles. The third-order valence-corrected chi connectivity index (χ3v) is 6.07. The van der Waals surface area contributed by atoms with Gasteiger partial charge in [-0.05, 0) is 50.1 Å². The fourth-order valence-corrected chi connectivity index (χ4v) is 3.65. The average Bonchev–Trinajstić information content (AvgIpc) is 2.71. The first-order chi connectivity index (χ1) is 13.4. The lowest BCUT2D eigenvalue weighted by atomic mass is 10.1. The van der Waals surface area contributed by atoms with E-state index in [2.05, 4.69) is 21.2 Å². The highest BCUT2D eigenvalue weighted by Gasteiger charge is 2.26. The predicted octanol–water partition coefficient (Wildman–Crippen LogP) is 4.87.